The molecule has 1 amide bonds. The first-order valence-corrected chi connectivity index (χ1v) is 7.25. The molecule has 1 saturated heterocycles. The molecule has 1 fully saturated rings. The zero-order valence-corrected chi connectivity index (χ0v) is 13.2. The number of carboxylic acid groups (broad SMARTS) is 1. The standard InChI is InChI=1S/C15H18N4O4/c1-9-11-6-10(7-16-12(11)18(2)17-9)13(20)19-5-4-15(8-19,23-3)14(21)22/h6-7H,4-5,8H2,1-3H3,(H,21,22). The van der Waals surface area contributed by atoms with Crippen LogP contribution in [0.25, 0.3) is 11.0 Å². The summed E-state index contributed by atoms with van der Waals surface area (Å²) in [6, 6.07) is 1.75. The van der Waals surface area contributed by atoms with Gasteiger partial charge in [0.15, 0.2) is 11.2 Å². The average molecular weight is 318 g/mol. The minimum Gasteiger partial charge on any atom is -0.479 e. The summed E-state index contributed by atoms with van der Waals surface area (Å²) >= 11 is 0. The predicted molar refractivity (Wildman–Crippen MR) is 81.1 cm³/mol. The van der Waals surface area contributed by atoms with Crippen LogP contribution in [-0.4, -0.2) is 62.4 Å². The first kappa shape index (κ1) is 15.4. The fourth-order valence-electron chi connectivity index (χ4n) is 2.99. The normalized spacial score (nSPS) is 21.1. The van der Waals surface area contributed by atoms with E-state index in [9.17, 15) is 14.7 Å². The molecule has 0 bridgehead atoms. The summed E-state index contributed by atoms with van der Waals surface area (Å²) in [4.78, 5) is 29.8. The summed E-state index contributed by atoms with van der Waals surface area (Å²) in [5.74, 6) is -1.30. The SMILES string of the molecule is COC1(C(=O)O)CCN(C(=O)c2cnc3c(c2)c(C)nn3C)C1. The lowest BCUT2D eigenvalue weighted by Gasteiger charge is -2.23. The number of pyridine rings is 1. The number of carboxylic acids is 1. The van der Waals surface area contributed by atoms with Crippen molar-refractivity contribution in [3.05, 3.63) is 23.5 Å². The molecule has 2 aromatic heterocycles. The maximum absolute atomic E-state index is 12.6. The van der Waals surface area contributed by atoms with Gasteiger partial charge in [-0.05, 0) is 13.0 Å². The highest BCUT2D eigenvalue weighted by Crippen LogP contribution is 2.27. The van der Waals surface area contributed by atoms with Crippen LogP contribution in [-0.2, 0) is 16.6 Å². The summed E-state index contributed by atoms with van der Waals surface area (Å²) in [5, 5.41) is 14.4. The number of aliphatic carboxylic acids is 1. The number of aromatic nitrogens is 3. The minimum atomic E-state index is -1.32. The molecule has 1 unspecified atom stereocenters. The summed E-state index contributed by atoms with van der Waals surface area (Å²) in [7, 11) is 3.15. The van der Waals surface area contributed by atoms with Crippen LogP contribution < -0.4 is 0 Å². The Morgan fingerprint density at radius 2 is 2.17 bits per heavy atom. The van der Waals surface area contributed by atoms with Gasteiger partial charge in [0.1, 0.15) is 0 Å². The molecule has 3 heterocycles. The molecule has 0 aliphatic carbocycles. The first-order valence-electron chi connectivity index (χ1n) is 7.25. The van der Waals surface area contributed by atoms with Crippen LogP contribution in [0.4, 0.5) is 0 Å². The third-order valence-corrected chi connectivity index (χ3v) is 4.41. The lowest BCUT2D eigenvalue weighted by atomic mass is 10.0. The quantitative estimate of drug-likeness (QED) is 0.889. The Labute approximate surface area is 132 Å². The van der Waals surface area contributed by atoms with E-state index in [1.54, 1.807) is 17.8 Å². The molecule has 122 valence electrons. The summed E-state index contributed by atoms with van der Waals surface area (Å²) in [5.41, 5.74) is 0.600. The van der Waals surface area contributed by atoms with Crippen LogP contribution in [0.2, 0.25) is 0 Å². The second kappa shape index (κ2) is 5.31. The third-order valence-electron chi connectivity index (χ3n) is 4.41. The molecule has 1 aliphatic heterocycles. The molecular formula is C15H18N4O4. The molecule has 3 rings (SSSR count). The zero-order valence-electron chi connectivity index (χ0n) is 13.2. The fraction of sp³-hybridized carbons (Fsp3) is 0.467. The van der Waals surface area contributed by atoms with E-state index in [4.69, 9.17) is 4.74 Å². The molecule has 23 heavy (non-hydrogen) atoms. The van der Waals surface area contributed by atoms with E-state index in [-0.39, 0.29) is 18.9 Å². The lowest BCUT2D eigenvalue weighted by Crippen LogP contribution is -2.44. The smallest absolute Gasteiger partial charge is 0.337 e. The Hall–Kier alpha value is -2.48. The van der Waals surface area contributed by atoms with E-state index in [0.29, 0.717) is 17.8 Å². The molecule has 0 radical (unpaired) electrons. The molecule has 1 N–H and O–H groups in total. The highest BCUT2D eigenvalue weighted by molar-refractivity contribution is 5.98. The Bertz CT molecular complexity index is 800. The van der Waals surface area contributed by atoms with Gasteiger partial charge in [0.05, 0.1) is 17.8 Å². The van der Waals surface area contributed by atoms with E-state index in [1.165, 1.54) is 18.2 Å². The monoisotopic (exact) mass is 318 g/mol. The fourth-order valence-corrected chi connectivity index (χ4v) is 2.99. The molecule has 8 nitrogen and oxygen atoms in total. The zero-order chi connectivity index (χ0) is 16.8. The van der Waals surface area contributed by atoms with E-state index in [2.05, 4.69) is 10.1 Å². The Morgan fingerprint density at radius 1 is 1.43 bits per heavy atom. The van der Waals surface area contributed by atoms with Gasteiger partial charge in [0, 0.05) is 38.7 Å². The van der Waals surface area contributed by atoms with Crippen LogP contribution in [0.1, 0.15) is 22.5 Å². The molecule has 0 aromatic carbocycles. The number of carbonyl (C=O) groups excluding carboxylic acids is 1. The maximum atomic E-state index is 12.6. The van der Waals surface area contributed by atoms with Gasteiger partial charge in [-0.3, -0.25) is 9.48 Å². The molecule has 1 atom stereocenters. The van der Waals surface area contributed by atoms with Crippen LogP contribution in [0.3, 0.4) is 0 Å². The van der Waals surface area contributed by atoms with Crippen LogP contribution in [0.5, 0.6) is 0 Å². The molecule has 8 heteroatoms. The second-order valence-electron chi connectivity index (χ2n) is 5.78. The van der Waals surface area contributed by atoms with E-state index >= 15 is 0 Å². The topological polar surface area (TPSA) is 97.6 Å². The van der Waals surface area contributed by atoms with Crippen molar-refractivity contribution in [2.24, 2.45) is 7.05 Å². The van der Waals surface area contributed by atoms with Gasteiger partial charge in [0.2, 0.25) is 0 Å². The van der Waals surface area contributed by atoms with Gasteiger partial charge >= 0.3 is 5.97 Å². The van der Waals surface area contributed by atoms with Crippen molar-refractivity contribution < 1.29 is 19.4 Å². The van der Waals surface area contributed by atoms with Crippen molar-refractivity contribution in [3.63, 3.8) is 0 Å². The highest BCUT2D eigenvalue weighted by Gasteiger charge is 2.46. The van der Waals surface area contributed by atoms with E-state index < -0.39 is 11.6 Å². The summed E-state index contributed by atoms with van der Waals surface area (Å²) < 4.78 is 6.81. The van der Waals surface area contributed by atoms with Gasteiger partial charge in [-0.15, -0.1) is 0 Å². The number of amides is 1. The maximum Gasteiger partial charge on any atom is 0.337 e. The number of hydrogen-bond acceptors (Lipinski definition) is 5. The molecule has 0 saturated carbocycles. The number of ether oxygens (including phenoxy) is 1. The Morgan fingerprint density at radius 3 is 2.78 bits per heavy atom. The number of hydrogen-bond donors (Lipinski definition) is 1. The van der Waals surface area contributed by atoms with Crippen molar-refractivity contribution in [1.29, 1.82) is 0 Å². The van der Waals surface area contributed by atoms with Gasteiger partial charge in [0.25, 0.3) is 5.91 Å². The third kappa shape index (κ3) is 2.35. The predicted octanol–water partition coefficient (Wildman–Crippen LogP) is 0.592. The number of nitrogens with zero attached hydrogens (tertiary/aromatic N) is 4. The molecule has 2 aromatic rings. The number of carbonyl (C=O) groups is 2. The van der Waals surface area contributed by atoms with Crippen molar-refractivity contribution >= 4 is 22.9 Å². The summed E-state index contributed by atoms with van der Waals surface area (Å²) in [6.07, 6.45) is 1.77. The summed E-state index contributed by atoms with van der Waals surface area (Å²) in [6.45, 7) is 2.22. The minimum absolute atomic E-state index is 0.0295. The van der Waals surface area contributed by atoms with E-state index in [0.717, 1.165) is 11.1 Å². The number of fused-ring (bicyclic) bond motifs is 1. The highest BCUT2D eigenvalue weighted by atomic mass is 16.5. The van der Waals surface area contributed by atoms with Crippen molar-refractivity contribution in [2.75, 3.05) is 20.2 Å². The molecule has 1 aliphatic rings. The van der Waals surface area contributed by atoms with Gasteiger partial charge < -0.3 is 14.7 Å². The molecular weight excluding hydrogens is 300 g/mol. The second-order valence-corrected chi connectivity index (χ2v) is 5.78. The first-order chi connectivity index (χ1) is 10.9. The average Bonchev–Trinajstić information content (AvgIpc) is 3.10. The van der Waals surface area contributed by atoms with Gasteiger partial charge in [-0.1, -0.05) is 0 Å². The van der Waals surface area contributed by atoms with Crippen molar-refractivity contribution in [3.8, 4) is 0 Å². The van der Waals surface area contributed by atoms with E-state index in [1.807, 2.05) is 6.92 Å². The number of methoxy groups -OCH3 is 1. The lowest BCUT2D eigenvalue weighted by molar-refractivity contribution is -0.160. The largest absolute Gasteiger partial charge is 0.479 e. The molecule has 0 spiro atoms. The van der Waals surface area contributed by atoms with Crippen molar-refractivity contribution in [1.82, 2.24) is 19.7 Å². The number of likely N-dealkylation sites (tertiary alicyclic amines) is 1. The van der Waals surface area contributed by atoms with Gasteiger partial charge in [-0.2, -0.15) is 5.10 Å². The Kier molecular flexibility index (Phi) is 3.56. The Balaban J connectivity index is 1.90. The van der Waals surface area contributed by atoms with Crippen LogP contribution >= 0.6 is 0 Å². The van der Waals surface area contributed by atoms with Crippen molar-refractivity contribution in [2.45, 2.75) is 18.9 Å². The van der Waals surface area contributed by atoms with Crippen LogP contribution in [0, 0.1) is 6.92 Å². The van der Waals surface area contributed by atoms with Crippen LogP contribution in [0.15, 0.2) is 12.3 Å². The number of rotatable bonds is 3. The number of aryl methyl sites for hydroxylation is 2. The van der Waals surface area contributed by atoms with Gasteiger partial charge in [-0.25, -0.2) is 9.78 Å².